The van der Waals surface area contributed by atoms with Crippen molar-refractivity contribution in [1.29, 1.82) is 0 Å². The van der Waals surface area contributed by atoms with Crippen LogP contribution in [0.2, 0.25) is 0 Å². The summed E-state index contributed by atoms with van der Waals surface area (Å²) in [5.74, 6) is 2.98. The molecule has 2 aromatic rings. The summed E-state index contributed by atoms with van der Waals surface area (Å²) in [4.78, 5) is 7.06. The molecule has 1 fully saturated rings. The average Bonchev–Trinajstić information content (AvgIpc) is 2.73. The van der Waals surface area contributed by atoms with Gasteiger partial charge in [0.2, 0.25) is 5.95 Å². The molecule has 1 aliphatic heterocycles. The Morgan fingerprint density at radius 2 is 2.04 bits per heavy atom. The number of nitrogens with one attached hydrogen (secondary N) is 1. The third-order valence-electron chi connectivity index (χ3n) is 5.08. The van der Waals surface area contributed by atoms with Gasteiger partial charge in [0.05, 0.1) is 20.4 Å². The Hall–Kier alpha value is -2.57. The summed E-state index contributed by atoms with van der Waals surface area (Å²) >= 11 is 0. The highest BCUT2D eigenvalue weighted by atomic mass is 16.5. The Bertz CT molecular complexity index is 740. The molecule has 0 radical (unpaired) electrons. The molecule has 0 spiro atoms. The van der Waals surface area contributed by atoms with E-state index in [-0.39, 0.29) is 0 Å². The van der Waals surface area contributed by atoms with Crippen LogP contribution in [-0.4, -0.2) is 48.5 Å². The normalized spacial score (nSPS) is 16.9. The van der Waals surface area contributed by atoms with Gasteiger partial charge in [-0.05, 0) is 49.8 Å². The van der Waals surface area contributed by atoms with Gasteiger partial charge in [-0.15, -0.1) is 5.10 Å². The third kappa shape index (κ3) is 4.78. The lowest BCUT2D eigenvalue weighted by molar-refractivity contribution is 0.354. The maximum atomic E-state index is 5.36. The van der Waals surface area contributed by atoms with Crippen molar-refractivity contribution in [1.82, 2.24) is 15.2 Å². The molecule has 7 nitrogen and oxygen atoms in total. The van der Waals surface area contributed by atoms with Crippen LogP contribution in [0, 0.1) is 0 Å². The lowest BCUT2D eigenvalue weighted by Crippen LogP contribution is -2.39. The van der Waals surface area contributed by atoms with Crippen LogP contribution in [0.4, 0.5) is 11.8 Å². The summed E-state index contributed by atoms with van der Waals surface area (Å²) in [5, 5.41) is 11.6. The standard InChI is InChI=1S/C20H29N5O2/c1-4-16-7-5-6-12-25(16)19-14-22-24-20(23-19)21-11-10-15-8-9-17(26-2)18(13-15)27-3/h8-9,13-14,16H,4-7,10-12H2,1-3H3,(H,21,23,24). The summed E-state index contributed by atoms with van der Waals surface area (Å²) < 4.78 is 10.6. The van der Waals surface area contributed by atoms with Crippen molar-refractivity contribution in [2.75, 3.05) is 37.5 Å². The Morgan fingerprint density at radius 1 is 1.19 bits per heavy atom. The minimum Gasteiger partial charge on any atom is -0.493 e. The first-order chi connectivity index (χ1) is 13.2. The maximum Gasteiger partial charge on any atom is 0.244 e. The van der Waals surface area contributed by atoms with Gasteiger partial charge in [-0.1, -0.05) is 13.0 Å². The minimum atomic E-state index is 0.551. The number of rotatable bonds is 8. The first-order valence-corrected chi connectivity index (χ1v) is 9.66. The van der Waals surface area contributed by atoms with Gasteiger partial charge in [0, 0.05) is 19.1 Å². The topological polar surface area (TPSA) is 72.4 Å². The second kappa shape index (κ2) is 9.39. The molecule has 1 N–H and O–H groups in total. The van der Waals surface area contributed by atoms with Crippen molar-refractivity contribution >= 4 is 11.8 Å². The molecule has 0 amide bonds. The van der Waals surface area contributed by atoms with Crippen molar-refractivity contribution in [2.45, 2.75) is 45.1 Å². The van der Waals surface area contributed by atoms with Gasteiger partial charge >= 0.3 is 0 Å². The molecule has 27 heavy (non-hydrogen) atoms. The van der Waals surface area contributed by atoms with Gasteiger partial charge in [-0.3, -0.25) is 0 Å². The van der Waals surface area contributed by atoms with E-state index in [0.717, 1.165) is 48.8 Å². The van der Waals surface area contributed by atoms with Gasteiger partial charge in [-0.25, -0.2) is 0 Å². The number of nitrogens with zero attached hydrogens (tertiary/aromatic N) is 4. The largest absolute Gasteiger partial charge is 0.493 e. The summed E-state index contributed by atoms with van der Waals surface area (Å²) in [5.41, 5.74) is 1.16. The Kier molecular flexibility index (Phi) is 6.68. The van der Waals surface area contributed by atoms with Crippen LogP contribution in [0.5, 0.6) is 11.5 Å². The number of hydrogen-bond donors (Lipinski definition) is 1. The molecule has 2 heterocycles. The first kappa shape index (κ1) is 19.2. The SMILES string of the molecule is CCC1CCCCN1c1cnnc(NCCc2ccc(OC)c(OC)c2)n1. The van der Waals surface area contributed by atoms with Crippen LogP contribution < -0.4 is 19.7 Å². The van der Waals surface area contributed by atoms with Gasteiger partial charge in [-0.2, -0.15) is 10.1 Å². The molecule has 7 heteroatoms. The van der Waals surface area contributed by atoms with E-state index in [1.807, 2.05) is 18.2 Å². The van der Waals surface area contributed by atoms with E-state index >= 15 is 0 Å². The predicted octanol–water partition coefficient (Wildman–Crippen LogP) is 3.31. The van der Waals surface area contributed by atoms with Crippen LogP contribution in [0.1, 0.15) is 38.2 Å². The van der Waals surface area contributed by atoms with Crippen molar-refractivity contribution in [3.8, 4) is 11.5 Å². The minimum absolute atomic E-state index is 0.551. The highest BCUT2D eigenvalue weighted by molar-refractivity contribution is 5.44. The van der Waals surface area contributed by atoms with Crippen molar-refractivity contribution in [2.24, 2.45) is 0 Å². The number of ether oxygens (including phenoxy) is 2. The smallest absolute Gasteiger partial charge is 0.244 e. The van der Waals surface area contributed by atoms with Crippen molar-refractivity contribution in [3.05, 3.63) is 30.0 Å². The van der Waals surface area contributed by atoms with Crippen LogP contribution in [-0.2, 0) is 6.42 Å². The highest BCUT2D eigenvalue weighted by Crippen LogP contribution is 2.28. The average molecular weight is 371 g/mol. The number of hydrogen-bond acceptors (Lipinski definition) is 7. The molecule has 0 aliphatic carbocycles. The molecule has 1 saturated heterocycles. The molecular formula is C20H29N5O2. The lowest BCUT2D eigenvalue weighted by atomic mass is 10.0. The Balaban J connectivity index is 1.60. The van der Waals surface area contributed by atoms with Crippen LogP contribution in [0.3, 0.4) is 0 Å². The highest BCUT2D eigenvalue weighted by Gasteiger charge is 2.22. The van der Waals surface area contributed by atoms with Gasteiger partial charge in [0.25, 0.3) is 0 Å². The molecule has 1 aromatic heterocycles. The first-order valence-electron chi connectivity index (χ1n) is 9.66. The number of anilines is 2. The van der Waals surface area contributed by atoms with E-state index in [4.69, 9.17) is 9.47 Å². The fourth-order valence-electron chi connectivity index (χ4n) is 3.59. The fourth-order valence-corrected chi connectivity index (χ4v) is 3.59. The fraction of sp³-hybridized carbons (Fsp3) is 0.550. The quantitative estimate of drug-likeness (QED) is 0.763. The maximum absolute atomic E-state index is 5.36. The van der Waals surface area contributed by atoms with E-state index in [2.05, 4.69) is 32.3 Å². The number of aromatic nitrogens is 3. The monoisotopic (exact) mass is 371 g/mol. The van der Waals surface area contributed by atoms with E-state index in [9.17, 15) is 0 Å². The van der Waals surface area contributed by atoms with Crippen LogP contribution in [0.15, 0.2) is 24.4 Å². The zero-order chi connectivity index (χ0) is 19.1. The van der Waals surface area contributed by atoms with Crippen LogP contribution >= 0.6 is 0 Å². The molecule has 1 unspecified atom stereocenters. The van der Waals surface area contributed by atoms with Crippen LogP contribution in [0.25, 0.3) is 0 Å². The van der Waals surface area contributed by atoms with Gasteiger partial charge in [0.15, 0.2) is 17.3 Å². The van der Waals surface area contributed by atoms with Gasteiger partial charge < -0.3 is 19.7 Å². The van der Waals surface area contributed by atoms with E-state index in [0.29, 0.717) is 12.0 Å². The summed E-state index contributed by atoms with van der Waals surface area (Å²) in [6.07, 6.45) is 7.46. The molecule has 0 bridgehead atoms. The van der Waals surface area contributed by atoms with E-state index < -0.39 is 0 Å². The zero-order valence-electron chi connectivity index (χ0n) is 16.4. The summed E-state index contributed by atoms with van der Waals surface area (Å²) in [7, 11) is 3.29. The molecule has 1 atom stereocenters. The van der Waals surface area contributed by atoms with E-state index in [1.54, 1.807) is 20.4 Å². The Morgan fingerprint density at radius 3 is 2.81 bits per heavy atom. The van der Waals surface area contributed by atoms with E-state index in [1.165, 1.54) is 19.3 Å². The molecule has 1 aliphatic rings. The lowest BCUT2D eigenvalue weighted by Gasteiger charge is -2.35. The Labute approximate surface area is 161 Å². The molecule has 1 aromatic carbocycles. The number of piperidine rings is 1. The summed E-state index contributed by atoms with van der Waals surface area (Å²) in [6.45, 7) is 4.00. The molecule has 0 saturated carbocycles. The van der Waals surface area contributed by atoms with Gasteiger partial charge in [0.1, 0.15) is 0 Å². The van der Waals surface area contributed by atoms with Crippen molar-refractivity contribution < 1.29 is 9.47 Å². The number of benzene rings is 1. The molecular weight excluding hydrogens is 342 g/mol. The predicted molar refractivity (Wildman–Crippen MR) is 107 cm³/mol. The second-order valence-corrected chi connectivity index (χ2v) is 6.76. The second-order valence-electron chi connectivity index (χ2n) is 6.76. The molecule has 3 rings (SSSR count). The number of methoxy groups -OCH3 is 2. The summed E-state index contributed by atoms with van der Waals surface area (Å²) in [6, 6.07) is 6.51. The van der Waals surface area contributed by atoms with Crippen molar-refractivity contribution in [3.63, 3.8) is 0 Å². The zero-order valence-corrected chi connectivity index (χ0v) is 16.4. The third-order valence-corrected chi connectivity index (χ3v) is 5.08. The molecule has 146 valence electrons.